The summed E-state index contributed by atoms with van der Waals surface area (Å²) in [5.41, 5.74) is -0.0597. The average Bonchev–Trinajstić information content (AvgIpc) is 3.02. The van der Waals surface area contributed by atoms with Gasteiger partial charge in [0.1, 0.15) is 5.76 Å². The van der Waals surface area contributed by atoms with E-state index in [0.717, 1.165) is 30.9 Å². The molecule has 2 heterocycles. The molecule has 5 rings (SSSR count). The van der Waals surface area contributed by atoms with E-state index in [0.29, 0.717) is 23.8 Å². The van der Waals surface area contributed by atoms with E-state index >= 15 is 0 Å². The molecule has 2 N–H and O–H groups in total. The van der Waals surface area contributed by atoms with Gasteiger partial charge in [-0.15, -0.1) is 0 Å². The van der Waals surface area contributed by atoms with E-state index < -0.39 is 11.9 Å². The molecule has 28 heavy (non-hydrogen) atoms. The number of carboxylic acids is 2. The van der Waals surface area contributed by atoms with Crippen molar-refractivity contribution in [3.63, 3.8) is 0 Å². The molecule has 2 aliphatic heterocycles. The van der Waals surface area contributed by atoms with Crippen LogP contribution in [0.1, 0.15) is 12.8 Å². The van der Waals surface area contributed by atoms with Crippen LogP contribution in [0.15, 0.2) is 35.8 Å². The minimum Gasteiger partial charge on any atom is -0.493 e. The number of likely N-dealkylation sites (tertiary alicyclic amines) is 1. The van der Waals surface area contributed by atoms with E-state index in [2.05, 4.69) is 24.1 Å². The molecule has 150 valence electrons. The molecule has 0 radical (unpaired) electrons. The number of carboxylic acid groups (broad SMARTS) is 2. The Kier molecular flexibility index (Phi) is 4.33. The Labute approximate surface area is 162 Å². The molecule has 1 spiro atoms. The lowest BCUT2D eigenvalue weighted by atomic mass is 9.48. The topological polar surface area (TPSA) is 113 Å². The van der Waals surface area contributed by atoms with Gasteiger partial charge in [0, 0.05) is 23.3 Å². The molecule has 3 aliphatic carbocycles. The maximum Gasteiger partial charge on any atom is 0.414 e. The third-order valence-electron chi connectivity index (χ3n) is 6.90. The molecule has 2 saturated heterocycles. The van der Waals surface area contributed by atoms with Gasteiger partial charge < -0.3 is 24.6 Å². The third-order valence-corrected chi connectivity index (χ3v) is 6.90. The SMILES string of the molecule is COC1=C2O[C@H]3C(=O)C=C[C@H]4[C@H]5CC(C=C1)C2[C@@]34CCN5C.O=C(O)C(=O)O. The van der Waals surface area contributed by atoms with Crippen LogP contribution in [0.5, 0.6) is 0 Å². The molecular formula is C20H23NO7. The van der Waals surface area contributed by atoms with Crippen molar-refractivity contribution in [1.82, 2.24) is 4.90 Å². The number of nitrogens with zero attached hydrogens (tertiary/aromatic N) is 1. The summed E-state index contributed by atoms with van der Waals surface area (Å²) in [6.07, 6.45) is 10.1. The Morgan fingerprint density at radius 3 is 2.61 bits per heavy atom. The first kappa shape index (κ1) is 18.7. The smallest absolute Gasteiger partial charge is 0.414 e. The minimum atomic E-state index is -1.82. The van der Waals surface area contributed by atoms with Crippen molar-refractivity contribution in [3.05, 3.63) is 35.8 Å². The fraction of sp³-hybridized carbons (Fsp3) is 0.550. The number of hydrogen-bond acceptors (Lipinski definition) is 6. The van der Waals surface area contributed by atoms with Gasteiger partial charge in [0.25, 0.3) is 0 Å². The molecule has 3 fully saturated rings. The number of allylic oxidation sites excluding steroid dienone is 3. The molecule has 5 aliphatic rings. The molecule has 2 unspecified atom stereocenters. The number of aliphatic carboxylic acids is 2. The molecular weight excluding hydrogens is 366 g/mol. The standard InChI is InChI=1S/C18H21NO3.C2H2O4/c1-19-8-7-18-11-4-5-13(20)17(18)22-16-14(21-2)6-3-10(15(16)18)9-12(11)19;3-1(4)2(5)6/h3-6,10-12,15,17H,7-9H2,1-2H3;(H,3,4)(H,5,6)/t10?,11-,12+,15?,17-,18-;/m0./s1. The summed E-state index contributed by atoms with van der Waals surface area (Å²) in [6.45, 7) is 1.05. The second-order valence-electron chi connectivity index (χ2n) is 7.97. The molecule has 2 bridgehead atoms. The van der Waals surface area contributed by atoms with Crippen LogP contribution in [0.4, 0.5) is 0 Å². The first-order valence-corrected chi connectivity index (χ1v) is 9.32. The van der Waals surface area contributed by atoms with Crippen molar-refractivity contribution in [1.29, 1.82) is 0 Å². The summed E-state index contributed by atoms with van der Waals surface area (Å²) in [5.74, 6) is -0.581. The van der Waals surface area contributed by atoms with E-state index in [9.17, 15) is 4.79 Å². The summed E-state index contributed by atoms with van der Waals surface area (Å²) in [4.78, 5) is 33.2. The Morgan fingerprint density at radius 2 is 1.96 bits per heavy atom. The predicted molar refractivity (Wildman–Crippen MR) is 96.0 cm³/mol. The van der Waals surface area contributed by atoms with Crippen LogP contribution >= 0.6 is 0 Å². The van der Waals surface area contributed by atoms with Gasteiger partial charge in [-0.05, 0) is 44.5 Å². The maximum absolute atomic E-state index is 12.6. The normalized spacial score (nSPS) is 39.5. The minimum absolute atomic E-state index is 0.0597. The Morgan fingerprint density at radius 1 is 1.25 bits per heavy atom. The number of piperidine rings is 1. The zero-order valence-electron chi connectivity index (χ0n) is 15.7. The molecule has 0 aromatic rings. The van der Waals surface area contributed by atoms with Crippen LogP contribution in [0, 0.1) is 23.2 Å². The summed E-state index contributed by atoms with van der Waals surface area (Å²) < 4.78 is 11.8. The third kappa shape index (κ3) is 2.44. The molecule has 8 heteroatoms. The number of rotatable bonds is 1. The van der Waals surface area contributed by atoms with Crippen LogP contribution in [0.2, 0.25) is 0 Å². The van der Waals surface area contributed by atoms with Gasteiger partial charge in [0.2, 0.25) is 0 Å². The molecule has 1 saturated carbocycles. The Hall–Kier alpha value is -2.61. The van der Waals surface area contributed by atoms with Crippen LogP contribution in [0.3, 0.4) is 0 Å². The molecule has 0 aromatic carbocycles. The molecule has 6 atom stereocenters. The highest BCUT2D eigenvalue weighted by molar-refractivity contribution is 6.27. The van der Waals surface area contributed by atoms with Gasteiger partial charge in [-0.25, -0.2) is 9.59 Å². The second kappa shape index (κ2) is 6.48. The lowest BCUT2D eigenvalue weighted by Crippen LogP contribution is -2.64. The van der Waals surface area contributed by atoms with Gasteiger partial charge in [0.05, 0.1) is 7.11 Å². The number of hydrogen-bond donors (Lipinski definition) is 2. The second-order valence-corrected chi connectivity index (χ2v) is 7.97. The number of carbonyl (C=O) groups is 3. The van der Waals surface area contributed by atoms with Crippen molar-refractivity contribution in [2.75, 3.05) is 20.7 Å². The summed E-state index contributed by atoms with van der Waals surface area (Å²) in [6, 6.07) is 0.513. The lowest BCUT2D eigenvalue weighted by Gasteiger charge is -2.59. The first-order valence-electron chi connectivity index (χ1n) is 9.32. The largest absolute Gasteiger partial charge is 0.493 e. The van der Waals surface area contributed by atoms with Gasteiger partial charge in [-0.1, -0.05) is 12.2 Å². The fourth-order valence-electron chi connectivity index (χ4n) is 5.83. The van der Waals surface area contributed by atoms with E-state index in [-0.39, 0.29) is 17.3 Å². The van der Waals surface area contributed by atoms with Gasteiger partial charge in [-0.3, -0.25) is 4.79 Å². The lowest BCUT2D eigenvalue weighted by molar-refractivity contribution is -0.159. The summed E-state index contributed by atoms with van der Waals surface area (Å²) in [7, 11) is 3.91. The molecule has 0 aromatic heterocycles. The van der Waals surface area contributed by atoms with E-state index in [4.69, 9.17) is 29.3 Å². The van der Waals surface area contributed by atoms with E-state index in [1.165, 1.54) is 0 Å². The monoisotopic (exact) mass is 389 g/mol. The van der Waals surface area contributed by atoms with Crippen molar-refractivity contribution >= 4 is 17.7 Å². The first-order chi connectivity index (χ1) is 13.3. The summed E-state index contributed by atoms with van der Waals surface area (Å²) in [5, 5.41) is 14.8. The van der Waals surface area contributed by atoms with Crippen molar-refractivity contribution in [3.8, 4) is 0 Å². The molecule has 0 amide bonds. The van der Waals surface area contributed by atoms with Crippen LogP contribution in [-0.2, 0) is 23.9 Å². The zero-order valence-corrected chi connectivity index (χ0v) is 15.7. The maximum atomic E-state index is 12.6. The van der Waals surface area contributed by atoms with Gasteiger partial charge in [0.15, 0.2) is 17.6 Å². The number of carbonyl (C=O) groups excluding carboxylic acids is 1. The zero-order chi connectivity index (χ0) is 20.2. The van der Waals surface area contributed by atoms with Crippen LogP contribution in [0.25, 0.3) is 0 Å². The van der Waals surface area contributed by atoms with Crippen molar-refractivity contribution in [2.24, 2.45) is 23.2 Å². The number of ether oxygens (including phenoxy) is 2. The average molecular weight is 389 g/mol. The highest BCUT2D eigenvalue weighted by atomic mass is 16.5. The van der Waals surface area contributed by atoms with Crippen LogP contribution in [-0.4, -0.2) is 65.7 Å². The Balaban J connectivity index is 0.000000283. The highest BCUT2D eigenvalue weighted by Gasteiger charge is 2.69. The fourth-order valence-corrected chi connectivity index (χ4v) is 5.83. The predicted octanol–water partition coefficient (Wildman–Crippen LogP) is 1.05. The van der Waals surface area contributed by atoms with Gasteiger partial charge >= 0.3 is 11.9 Å². The van der Waals surface area contributed by atoms with E-state index in [1.54, 1.807) is 13.2 Å². The van der Waals surface area contributed by atoms with Crippen LogP contribution < -0.4 is 0 Å². The highest BCUT2D eigenvalue weighted by Crippen LogP contribution is 2.66. The summed E-state index contributed by atoms with van der Waals surface area (Å²) >= 11 is 0. The molecule has 8 nitrogen and oxygen atoms in total. The van der Waals surface area contributed by atoms with Crippen molar-refractivity contribution < 1.29 is 34.1 Å². The van der Waals surface area contributed by atoms with Crippen molar-refractivity contribution in [2.45, 2.75) is 25.0 Å². The quantitative estimate of drug-likeness (QED) is 0.640. The number of ketones is 1. The number of methoxy groups -OCH3 is 1. The van der Waals surface area contributed by atoms with Gasteiger partial charge in [-0.2, -0.15) is 0 Å². The van der Waals surface area contributed by atoms with E-state index in [1.807, 2.05) is 6.08 Å². The Bertz CT molecular complexity index is 816.